The molecule has 0 bridgehead atoms. The van der Waals surface area contributed by atoms with E-state index in [1.807, 2.05) is 24.4 Å². The van der Waals surface area contributed by atoms with Crippen LogP contribution in [0.25, 0.3) is 10.9 Å². The first kappa shape index (κ1) is 21.2. The summed E-state index contributed by atoms with van der Waals surface area (Å²) in [6.45, 7) is 5.85. The molecule has 0 aliphatic heterocycles. The van der Waals surface area contributed by atoms with Crippen LogP contribution in [0.4, 0.5) is 0 Å². The molecule has 3 aromatic rings. The first-order valence-corrected chi connectivity index (χ1v) is 9.00. The highest BCUT2D eigenvalue weighted by atomic mass is 127. The highest BCUT2D eigenvalue weighted by molar-refractivity contribution is 14.0. The summed E-state index contributed by atoms with van der Waals surface area (Å²) in [5, 5.41) is 7.97. The van der Waals surface area contributed by atoms with Crippen LogP contribution in [0.3, 0.4) is 0 Å². The summed E-state index contributed by atoms with van der Waals surface area (Å²) in [5.74, 6) is 0.815. The number of hydrogen-bond acceptors (Lipinski definition) is 2. The van der Waals surface area contributed by atoms with Crippen molar-refractivity contribution in [3.8, 4) is 0 Å². The number of aliphatic imine (C=N–C) groups is 1. The van der Waals surface area contributed by atoms with E-state index in [0.29, 0.717) is 6.54 Å². The number of fused-ring (bicyclic) bond motifs is 1. The monoisotopic (exact) mass is 474 g/mol. The van der Waals surface area contributed by atoms with Crippen molar-refractivity contribution in [2.45, 2.75) is 26.8 Å². The summed E-state index contributed by atoms with van der Waals surface area (Å²) >= 11 is 0. The van der Waals surface area contributed by atoms with Crippen molar-refractivity contribution in [2.24, 2.45) is 4.99 Å². The van der Waals surface area contributed by atoms with Crippen molar-refractivity contribution < 1.29 is 0 Å². The van der Waals surface area contributed by atoms with Crippen LogP contribution in [0.15, 0.2) is 59.7 Å². The Morgan fingerprint density at radius 1 is 1.00 bits per heavy atom. The molecule has 0 saturated carbocycles. The largest absolute Gasteiger partial charge is 0.356 e. The number of pyridine rings is 1. The molecule has 142 valence electrons. The Kier molecular flexibility index (Phi) is 8.03. The Morgan fingerprint density at radius 3 is 2.48 bits per heavy atom. The van der Waals surface area contributed by atoms with Gasteiger partial charge in [-0.25, -0.2) is 0 Å². The number of guanidine groups is 1. The summed E-state index contributed by atoms with van der Waals surface area (Å²) in [6.07, 6.45) is 2.83. The molecule has 0 unspecified atom stereocenters. The quantitative estimate of drug-likeness (QED) is 0.328. The molecular weight excluding hydrogens is 447 g/mol. The minimum absolute atomic E-state index is 0. The third kappa shape index (κ3) is 5.92. The van der Waals surface area contributed by atoms with Crippen molar-refractivity contribution >= 4 is 40.8 Å². The lowest BCUT2D eigenvalue weighted by Gasteiger charge is -2.13. The van der Waals surface area contributed by atoms with Crippen molar-refractivity contribution in [2.75, 3.05) is 13.6 Å². The van der Waals surface area contributed by atoms with E-state index in [9.17, 15) is 0 Å². The number of aryl methyl sites for hydroxylation is 2. The van der Waals surface area contributed by atoms with Crippen LogP contribution in [0, 0.1) is 13.8 Å². The highest BCUT2D eigenvalue weighted by Crippen LogP contribution is 2.15. The van der Waals surface area contributed by atoms with Gasteiger partial charge in [0.15, 0.2) is 5.96 Å². The number of aromatic nitrogens is 1. The molecule has 0 radical (unpaired) electrons. The lowest BCUT2D eigenvalue weighted by molar-refractivity contribution is 0.796. The van der Waals surface area contributed by atoms with Crippen molar-refractivity contribution in [1.29, 1.82) is 0 Å². The Balaban J connectivity index is 0.00000261. The van der Waals surface area contributed by atoms with Gasteiger partial charge in [0.1, 0.15) is 0 Å². The van der Waals surface area contributed by atoms with Crippen molar-refractivity contribution in [1.82, 2.24) is 15.6 Å². The summed E-state index contributed by atoms with van der Waals surface area (Å²) < 4.78 is 0. The predicted molar refractivity (Wildman–Crippen MR) is 125 cm³/mol. The van der Waals surface area contributed by atoms with E-state index in [1.165, 1.54) is 27.6 Å². The number of halogens is 1. The molecule has 3 rings (SSSR count). The van der Waals surface area contributed by atoms with Crippen LogP contribution in [-0.2, 0) is 13.0 Å². The molecule has 1 aromatic heterocycles. The van der Waals surface area contributed by atoms with Crippen LogP contribution < -0.4 is 10.6 Å². The normalized spacial score (nSPS) is 11.1. The number of nitrogens with one attached hydrogen (secondary N) is 2. The second-order valence-corrected chi connectivity index (χ2v) is 6.59. The zero-order valence-corrected chi connectivity index (χ0v) is 18.5. The third-order valence-electron chi connectivity index (χ3n) is 4.40. The molecule has 0 fully saturated rings. The molecular formula is C22H27IN4. The minimum Gasteiger partial charge on any atom is -0.356 e. The van der Waals surface area contributed by atoms with Gasteiger partial charge >= 0.3 is 0 Å². The van der Waals surface area contributed by atoms with Gasteiger partial charge in [-0.05, 0) is 43.5 Å². The molecule has 1 heterocycles. The smallest absolute Gasteiger partial charge is 0.191 e. The van der Waals surface area contributed by atoms with Gasteiger partial charge in [-0.2, -0.15) is 0 Å². The zero-order chi connectivity index (χ0) is 18.4. The topological polar surface area (TPSA) is 49.3 Å². The molecule has 2 aromatic carbocycles. The standard InChI is InChI=1S/C22H26N4.HI/c1-16-12-17(2)14-18(13-16)8-10-25-22(23-3)26-15-19-9-11-24-21-7-5-4-6-20(19)21;/h4-7,9,11-14H,8,10,15H2,1-3H3,(H2,23,25,26);1H. The molecule has 5 heteroatoms. The SMILES string of the molecule is CN=C(NCCc1cc(C)cc(C)c1)NCc1ccnc2ccccc12.I. The van der Waals surface area contributed by atoms with Crippen LogP contribution in [0.2, 0.25) is 0 Å². The van der Waals surface area contributed by atoms with E-state index in [4.69, 9.17) is 0 Å². The molecule has 0 aliphatic carbocycles. The van der Waals surface area contributed by atoms with Crippen LogP contribution >= 0.6 is 24.0 Å². The molecule has 4 nitrogen and oxygen atoms in total. The predicted octanol–water partition coefficient (Wildman–Crippen LogP) is 4.38. The maximum Gasteiger partial charge on any atom is 0.191 e. The van der Waals surface area contributed by atoms with Crippen molar-refractivity contribution in [3.63, 3.8) is 0 Å². The summed E-state index contributed by atoms with van der Waals surface area (Å²) in [4.78, 5) is 8.74. The second-order valence-electron chi connectivity index (χ2n) is 6.59. The van der Waals surface area contributed by atoms with Gasteiger partial charge < -0.3 is 10.6 Å². The number of benzene rings is 2. The van der Waals surface area contributed by atoms with Gasteiger partial charge in [0.25, 0.3) is 0 Å². The molecule has 0 atom stereocenters. The van der Waals surface area contributed by atoms with Gasteiger partial charge in [0, 0.05) is 31.7 Å². The minimum atomic E-state index is 0. The summed E-state index contributed by atoms with van der Waals surface area (Å²) in [5.41, 5.74) is 6.21. The highest BCUT2D eigenvalue weighted by Gasteiger charge is 2.03. The Bertz CT molecular complexity index is 896. The van der Waals surface area contributed by atoms with Gasteiger partial charge in [0.2, 0.25) is 0 Å². The Hall–Kier alpha value is -2.15. The Labute approximate surface area is 178 Å². The van der Waals surface area contributed by atoms with Crippen molar-refractivity contribution in [3.05, 3.63) is 77.0 Å². The maximum atomic E-state index is 4.41. The van der Waals surface area contributed by atoms with Crippen LogP contribution in [0.5, 0.6) is 0 Å². The van der Waals surface area contributed by atoms with E-state index in [2.05, 4.69) is 64.8 Å². The van der Waals surface area contributed by atoms with E-state index in [1.54, 1.807) is 7.05 Å². The van der Waals surface area contributed by atoms with Gasteiger partial charge in [0.05, 0.1) is 5.52 Å². The molecule has 0 amide bonds. The molecule has 2 N–H and O–H groups in total. The molecule has 0 saturated heterocycles. The second kappa shape index (κ2) is 10.3. The lowest BCUT2D eigenvalue weighted by atomic mass is 10.1. The Morgan fingerprint density at radius 2 is 1.74 bits per heavy atom. The lowest BCUT2D eigenvalue weighted by Crippen LogP contribution is -2.37. The van der Waals surface area contributed by atoms with Crippen LogP contribution in [0.1, 0.15) is 22.3 Å². The molecule has 0 aliphatic rings. The van der Waals surface area contributed by atoms with Gasteiger partial charge in [-0.15, -0.1) is 24.0 Å². The number of rotatable bonds is 5. The summed E-state index contributed by atoms with van der Waals surface area (Å²) in [6, 6.07) is 17.0. The first-order valence-electron chi connectivity index (χ1n) is 9.00. The van der Waals surface area contributed by atoms with E-state index in [0.717, 1.165) is 24.4 Å². The fourth-order valence-corrected chi connectivity index (χ4v) is 3.25. The van der Waals surface area contributed by atoms with Gasteiger partial charge in [-0.3, -0.25) is 9.98 Å². The number of nitrogens with zero attached hydrogens (tertiary/aromatic N) is 2. The zero-order valence-electron chi connectivity index (χ0n) is 16.1. The number of hydrogen-bond donors (Lipinski definition) is 2. The fraction of sp³-hybridized carbons (Fsp3) is 0.273. The van der Waals surface area contributed by atoms with E-state index >= 15 is 0 Å². The third-order valence-corrected chi connectivity index (χ3v) is 4.40. The maximum absolute atomic E-state index is 4.41. The van der Waals surface area contributed by atoms with E-state index in [-0.39, 0.29) is 24.0 Å². The average Bonchev–Trinajstić information content (AvgIpc) is 2.63. The molecule has 0 spiro atoms. The number of para-hydroxylation sites is 1. The van der Waals surface area contributed by atoms with E-state index < -0.39 is 0 Å². The molecule has 27 heavy (non-hydrogen) atoms. The van der Waals surface area contributed by atoms with Crippen LogP contribution in [-0.4, -0.2) is 24.5 Å². The summed E-state index contributed by atoms with van der Waals surface area (Å²) in [7, 11) is 1.80. The average molecular weight is 474 g/mol. The fourth-order valence-electron chi connectivity index (χ4n) is 3.25. The van der Waals surface area contributed by atoms with Gasteiger partial charge in [-0.1, -0.05) is 47.5 Å². The first-order chi connectivity index (χ1) is 12.7.